The topological polar surface area (TPSA) is 85.2 Å². The van der Waals surface area contributed by atoms with Gasteiger partial charge in [0.2, 0.25) is 0 Å². The van der Waals surface area contributed by atoms with Gasteiger partial charge < -0.3 is 15.4 Å². The summed E-state index contributed by atoms with van der Waals surface area (Å²) in [6.45, 7) is 6.77. The number of aromatic nitrogens is 2. The number of benzene rings is 2. The Bertz CT molecular complexity index is 1070. The highest BCUT2D eigenvalue weighted by Crippen LogP contribution is 2.18. The Morgan fingerprint density at radius 3 is 2.47 bits per heavy atom. The van der Waals surface area contributed by atoms with Crippen molar-refractivity contribution in [1.82, 2.24) is 14.9 Å². The van der Waals surface area contributed by atoms with Gasteiger partial charge in [-0.1, -0.05) is 38.1 Å². The highest BCUT2D eigenvalue weighted by atomic mass is 16.5. The second-order valence-electron chi connectivity index (χ2n) is 7.53. The first kappa shape index (κ1) is 21.5. The molecule has 0 radical (unpaired) electrons. The SMILES string of the molecule is COCCn1c([C@H](C)NC(=O)Nc2ccc(C(C)C)cc2)nc2ccccc2c1=O. The van der Waals surface area contributed by atoms with Crippen molar-refractivity contribution >= 4 is 22.6 Å². The zero-order valence-electron chi connectivity index (χ0n) is 17.8. The quantitative estimate of drug-likeness (QED) is 0.618. The predicted molar refractivity (Wildman–Crippen MR) is 119 cm³/mol. The van der Waals surface area contributed by atoms with Gasteiger partial charge in [0.1, 0.15) is 5.82 Å². The first-order chi connectivity index (χ1) is 14.4. The maximum atomic E-state index is 13.0. The second-order valence-corrected chi connectivity index (χ2v) is 7.53. The summed E-state index contributed by atoms with van der Waals surface area (Å²) < 4.78 is 6.71. The molecule has 0 bridgehead atoms. The summed E-state index contributed by atoms with van der Waals surface area (Å²) in [5.41, 5.74) is 2.36. The monoisotopic (exact) mass is 408 g/mol. The van der Waals surface area contributed by atoms with Crippen LogP contribution < -0.4 is 16.2 Å². The molecular weight excluding hydrogens is 380 g/mol. The number of methoxy groups -OCH3 is 1. The van der Waals surface area contributed by atoms with Crippen LogP contribution in [0.25, 0.3) is 10.9 Å². The van der Waals surface area contributed by atoms with Crippen LogP contribution in [0.15, 0.2) is 53.3 Å². The molecule has 0 aliphatic carbocycles. The molecular formula is C23H28N4O3. The molecule has 30 heavy (non-hydrogen) atoms. The number of carbonyl (C=O) groups excluding carboxylic acids is 1. The minimum absolute atomic E-state index is 0.147. The molecule has 0 spiro atoms. The van der Waals surface area contributed by atoms with Gasteiger partial charge in [0.15, 0.2) is 0 Å². The van der Waals surface area contributed by atoms with Crippen LogP contribution in [0.3, 0.4) is 0 Å². The molecule has 7 nitrogen and oxygen atoms in total. The third kappa shape index (κ3) is 4.86. The smallest absolute Gasteiger partial charge is 0.319 e. The van der Waals surface area contributed by atoms with Gasteiger partial charge >= 0.3 is 6.03 Å². The van der Waals surface area contributed by atoms with Gasteiger partial charge in [-0.2, -0.15) is 0 Å². The third-order valence-electron chi connectivity index (χ3n) is 4.98. The Morgan fingerprint density at radius 2 is 1.80 bits per heavy atom. The number of amides is 2. The number of para-hydroxylation sites is 1. The van der Waals surface area contributed by atoms with Gasteiger partial charge in [-0.3, -0.25) is 9.36 Å². The van der Waals surface area contributed by atoms with Crippen molar-refractivity contribution < 1.29 is 9.53 Å². The van der Waals surface area contributed by atoms with E-state index in [9.17, 15) is 9.59 Å². The van der Waals surface area contributed by atoms with Crippen LogP contribution in [0.1, 0.15) is 44.1 Å². The molecule has 2 N–H and O–H groups in total. The average Bonchev–Trinajstić information content (AvgIpc) is 2.73. The van der Waals surface area contributed by atoms with E-state index in [2.05, 4.69) is 29.5 Å². The minimum atomic E-state index is -0.478. The summed E-state index contributed by atoms with van der Waals surface area (Å²) in [4.78, 5) is 30.1. The molecule has 1 atom stereocenters. The minimum Gasteiger partial charge on any atom is -0.383 e. The number of nitrogens with one attached hydrogen (secondary N) is 2. The number of carbonyl (C=O) groups is 1. The van der Waals surface area contributed by atoms with Gasteiger partial charge in [-0.25, -0.2) is 9.78 Å². The fourth-order valence-corrected chi connectivity index (χ4v) is 3.29. The van der Waals surface area contributed by atoms with E-state index in [4.69, 9.17) is 4.74 Å². The van der Waals surface area contributed by atoms with Gasteiger partial charge in [-0.15, -0.1) is 0 Å². The lowest BCUT2D eigenvalue weighted by Gasteiger charge is -2.20. The zero-order valence-corrected chi connectivity index (χ0v) is 17.8. The van der Waals surface area contributed by atoms with Crippen molar-refractivity contribution in [2.45, 2.75) is 39.3 Å². The zero-order chi connectivity index (χ0) is 21.7. The summed E-state index contributed by atoms with van der Waals surface area (Å²) in [7, 11) is 1.58. The molecule has 7 heteroatoms. The molecule has 1 aromatic heterocycles. The van der Waals surface area contributed by atoms with E-state index in [-0.39, 0.29) is 11.6 Å². The van der Waals surface area contributed by atoms with E-state index in [1.54, 1.807) is 30.7 Å². The molecule has 0 aliphatic rings. The summed E-state index contributed by atoms with van der Waals surface area (Å²) >= 11 is 0. The van der Waals surface area contributed by atoms with Gasteiger partial charge in [-0.05, 0) is 42.7 Å². The highest BCUT2D eigenvalue weighted by molar-refractivity contribution is 5.89. The Hall–Kier alpha value is -3.19. The molecule has 3 aromatic rings. The first-order valence-electron chi connectivity index (χ1n) is 10.1. The number of hydrogen-bond donors (Lipinski definition) is 2. The van der Waals surface area contributed by atoms with Crippen molar-refractivity contribution in [2.24, 2.45) is 0 Å². The maximum Gasteiger partial charge on any atom is 0.319 e. The summed E-state index contributed by atoms with van der Waals surface area (Å²) in [5, 5.41) is 6.25. The van der Waals surface area contributed by atoms with Crippen LogP contribution in [-0.4, -0.2) is 29.3 Å². The van der Waals surface area contributed by atoms with Crippen molar-refractivity contribution in [3.8, 4) is 0 Å². The highest BCUT2D eigenvalue weighted by Gasteiger charge is 2.18. The Morgan fingerprint density at radius 1 is 1.10 bits per heavy atom. The lowest BCUT2D eigenvalue weighted by Crippen LogP contribution is -2.36. The molecule has 0 fully saturated rings. The van der Waals surface area contributed by atoms with Crippen molar-refractivity contribution in [1.29, 1.82) is 0 Å². The van der Waals surface area contributed by atoms with E-state index < -0.39 is 6.04 Å². The predicted octanol–water partition coefficient (Wildman–Crippen LogP) is 4.05. The molecule has 158 valence electrons. The number of fused-ring (bicyclic) bond motifs is 1. The Kier molecular flexibility index (Phi) is 6.84. The number of anilines is 1. The third-order valence-corrected chi connectivity index (χ3v) is 4.98. The molecule has 0 unspecified atom stereocenters. The standard InChI is InChI=1S/C23H28N4O3/c1-15(2)17-9-11-18(12-10-17)25-23(29)24-16(3)21-26-20-8-6-5-7-19(20)22(28)27(21)13-14-30-4/h5-12,15-16H,13-14H2,1-4H3,(H2,24,25,29)/t16-/m0/s1. The van der Waals surface area contributed by atoms with Crippen LogP contribution >= 0.6 is 0 Å². The van der Waals surface area contributed by atoms with Crippen LogP contribution in [0, 0.1) is 0 Å². The molecule has 1 heterocycles. The van der Waals surface area contributed by atoms with E-state index in [0.717, 1.165) is 0 Å². The fraction of sp³-hybridized carbons (Fsp3) is 0.348. The fourth-order valence-electron chi connectivity index (χ4n) is 3.29. The summed E-state index contributed by atoms with van der Waals surface area (Å²) in [6, 6.07) is 14.1. The summed E-state index contributed by atoms with van der Waals surface area (Å²) in [6.07, 6.45) is 0. The van der Waals surface area contributed by atoms with E-state index in [1.807, 2.05) is 36.4 Å². The number of ether oxygens (including phenoxy) is 1. The van der Waals surface area contributed by atoms with Gasteiger partial charge in [0, 0.05) is 12.8 Å². The molecule has 0 aliphatic heterocycles. The Balaban J connectivity index is 1.82. The molecule has 0 saturated heterocycles. The van der Waals surface area contributed by atoms with Crippen molar-refractivity contribution in [3.05, 3.63) is 70.3 Å². The van der Waals surface area contributed by atoms with Crippen LogP contribution in [0.2, 0.25) is 0 Å². The van der Waals surface area contributed by atoms with Crippen LogP contribution in [0.4, 0.5) is 10.5 Å². The second kappa shape index (κ2) is 9.54. The van der Waals surface area contributed by atoms with E-state index >= 15 is 0 Å². The van der Waals surface area contributed by atoms with Gasteiger partial charge in [0.25, 0.3) is 5.56 Å². The number of hydrogen-bond acceptors (Lipinski definition) is 4. The lowest BCUT2D eigenvalue weighted by molar-refractivity contribution is 0.184. The lowest BCUT2D eigenvalue weighted by atomic mass is 10.0. The van der Waals surface area contributed by atoms with Crippen molar-refractivity contribution in [3.63, 3.8) is 0 Å². The number of nitrogens with zero attached hydrogens (tertiary/aromatic N) is 2. The number of urea groups is 1. The molecule has 2 aromatic carbocycles. The normalized spacial score (nSPS) is 12.2. The first-order valence-corrected chi connectivity index (χ1v) is 10.1. The van der Waals surface area contributed by atoms with E-state index in [0.29, 0.717) is 41.5 Å². The van der Waals surface area contributed by atoms with Crippen molar-refractivity contribution in [2.75, 3.05) is 19.0 Å². The maximum absolute atomic E-state index is 13.0. The molecule has 0 saturated carbocycles. The van der Waals surface area contributed by atoms with E-state index in [1.165, 1.54) is 5.56 Å². The Labute approximate surface area is 176 Å². The number of rotatable bonds is 7. The largest absolute Gasteiger partial charge is 0.383 e. The summed E-state index contributed by atoms with van der Waals surface area (Å²) in [5.74, 6) is 0.914. The van der Waals surface area contributed by atoms with Crippen LogP contribution in [-0.2, 0) is 11.3 Å². The molecule has 3 rings (SSSR count). The average molecular weight is 409 g/mol. The molecule has 2 amide bonds. The van der Waals surface area contributed by atoms with Crippen LogP contribution in [0.5, 0.6) is 0 Å². The van der Waals surface area contributed by atoms with Gasteiger partial charge in [0.05, 0.1) is 30.1 Å².